The Kier molecular flexibility index (Phi) is 4.63. The molecule has 3 aliphatic heterocycles. The Morgan fingerprint density at radius 3 is 2.54 bits per heavy atom. The summed E-state index contributed by atoms with van der Waals surface area (Å²) in [6.45, 7) is 2.87. The molecule has 3 aliphatic rings. The lowest BCUT2D eigenvalue weighted by Crippen LogP contribution is -2.55. The molecule has 3 fully saturated rings. The quantitative estimate of drug-likeness (QED) is 0.799. The summed E-state index contributed by atoms with van der Waals surface area (Å²) in [7, 11) is 0. The highest BCUT2D eigenvalue weighted by Crippen LogP contribution is 2.27. The summed E-state index contributed by atoms with van der Waals surface area (Å²) in [5.74, 6) is -0.129. The molecule has 0 spiro atoms. The second-order valence-electron chi connectivity index (χ2n) is 7.18. The standard InChI is InChI=1S/C19H24N4O3/c24-17(12-14-4-2-1-3-5-14)21-10-11-22-16(13-21)18(25)23(19(22)26)15-6-8-20-9-7-15/h1-5,15-16,20H,6-13H2. The molecule has 4 amide bonds. The van der Waals surface area contributed by atoms with Crippen molar-refractivity contribution in [1.29, 1.82) is 0 Å². The molecular weight excluding hydrogens is 332 g/mol. The number of piperazine rings is 1. The van der Waals surface area contributed by atoms with Crippen molar-refractivity contribution >= 4 is 17.8 Å². The van der Waals surface area contributed by atoms with Gasteiger partial charge in [-0.25, -0.2) is 4.79 Å². The Labute approximate surface area is 152 Å². The van der Waals surface area contributed by atoms with E-state index in [1.54, 1.807) is 9.80 Å². The van der Waals surface area contributed by atoms with Crippen LogP contribution in [0.3, 0.4) is 0 Å². The zero-order valence-electron chi connectivity index (χ0n) is 14.8. The van der Waals surface area contributed by atoms with E-state index in [0.717, 1.165) is 31.5 Å². The minimum absolute atomic E-state index is 0.0106. The van der Waals surface area contributed by atoms with Crippen LogP contribution in [0.15, 0.2) is 30.3 Å². The lowest BCUT2D eigenvalue weighted by atomic mass is 10.0. The number of rotatable bonds is 3. The van der Waals surface area contributed by atoms with E-state index in [-0.39, 0.29) is 23.9 Å². The molecule has 1 atom stereocenters. The summed E-state index contributed by atoms with van der Waals surface area (Å²) in [4.78, 5) is 43.1. The van der Waals surface area contributed by atoms with E-state index in [1.165, 1.54) is 4.90 Å². The van der Waals surface area contributed by atoms with Gasteiger partial charge in [-0.3, -0.25) is 14.5 Å². The average Bonchev–Trinajstić information content (AvgIpc) is 2.93. The van der Waals surface area contributed by atoms with Crippen molar-refractivity contribution < 1.29 is 14.4 Å². The van der Waals surface area contributed by atoms with Crippen LogP contribution >= 0.6 is 0 Å². The highest BCUT2D eigenvalue weighted by Gasteiger charge is 2.50. The first-order valence-corrected chi connectivity index (χ1v) is 9.31. The number of hydrogen-bond acceptors (Lipinski definition) is 4. The largest absolute Gasteiger partial charge is 0.338 e. The predicted molar refractivity (Wildman–Crippen MR) is 95.4 cm³/mol. The van der Waals surface area contributed by atoms with Gasteiger partial charge in [0.15, 0.2) is 0 Å². The van der Waals surface area contributed by atoms with Gasteiger partial charge in [-0.15, -0.1) is 0 Å². The van der Waals surface area contributed by atoms with Gasteiger partial charge >= 0.3 is 6.03 Å². The van der Waals surface area contributed by atoms with E-state index < -0.39 is 6.04 Å². The summed E-state index contributed by atoms with van der Waals surface area (Å²) < 4.78 is 0. The Bertz CT molecular complexity index is 702. The third-order valence-electron chi connectivity index (χ3n) is 5.58. The van der Waals surface area contributed by atoms with E-state index in [2.05, 4.69) is 5.32 Å². The van der Waals surface area contributed by atoms with E-state index >= 15 is 0 Å². The molecule has 0 aromatic heterocycles. The van der Waals surface area contributed by atoms with Crippen LogP contribution in [0.5, 0.6) is 0 Å². The van der Waals surface area contributed by atoms with E-state index in [0.29, 0.717) is 26.1 Å². The smallest absolute Gasteiger partial charge is 0.327 e. The van der Waals surface area contributed by atoms with Crippen LogP contribution in [0.4, 0.5) is 4.79 Å². The molecule has 3 saturated heterocycles. The topological polar surface area (TPSA) is 73.0 Å². The number of carbonyl (C=O) groups excluding carboxylic acids is 3. The second kappa shape index (κ2) is 7.07. The van der Waals surface area contributed by atoms with Gasteiger partial charge in [0.05, 0.1) is 13.0 Å². The van der Waals surface area contributed by atoms with Crippen LogP contribution in [0.1, 0.15) is 18.4 Å². The SMILES string of the molecule is O=C(Cc1ccccc1)N1CCN2C(=O)N(C3CCNCC3)C(=O)C2C1. The van der Waals surface area contributed by atoms with Crippen molar-refractivity contribution in [2.24, 2.45) is 0 Å². The first kappa shape index (κ1) is 17.0. The molecule has 1 unspecified atom stereocenters. The molecule has 0 bridgehead atoms. The molecule has 7 nitrogen and oxygen atoms in total. The number of urea groups is 1. The molecule has 7 heteroatoms. The highest BCUT2D eigenvalue weighted by molar-refractivity contribution is 6.05. The van der Waals surface area contributed by atoms with E-state index in [9.17, 15) is 14.4 Å². The maximum Gasteiger partial charge on any atom is 0.327 e. The number of carbonyl (C=O) groups is 3. The monoisotopic (exact) mass is 356 g/mol. The second-order valence-corrected chi connectivity index (χ2v) is 7.18. The third kappa shape index (κ3) is 3.07. The number of piperidine rings is 1. The van der Waals surface area contributed by atoms with Gasteiger partial charge in [-0.2, -0.15) is 0 Å². The van der Waals surface area contributed by atoms with Crippen molar-refractivity contribution in [3.05, 3.63) is 35.9 Å². The molecule has 1 aromatic rings. The molecule has 0 saturated carbocycles. The Morgan fingerprint density at radius 2 is 1.81 bits per heavy atom. The molecule has 4 rings (SSSR count). The van der Waals surface area contributed by atoms with Crippen LogP contribution in [0.25, 0.3) is 0 Å². The Hall–Kier alpha value is -2.41. The van der Waals surface area contributed by atoms with Gasteiger partial charge in [0.1, 0.15) is 6.04 Å². The van der Waals surface area contributed by atoms with Crippen LogP contribution in [0.2, 0.25) is 0 Å². The van der Waals surface area contributed by atoms with E-state index in [4.69, 9.17) is 0 Å². The first-order valence-electron chi connectivity index (χ1n) is 9.31. The molecule has 3 heterocycles. The van der Waals surface area contributed by atoms with Gasteiger partial charge in [0, 0.05) is 19.1 Å². The lowest BCUT2D eigenvalue weighted by Gasteiger charge is -2.35. The normalized spacial score (nSPS) is 24.2. The number of amides is 4. The van der Waals surface area contributed by atoms with Gasteiger partial charge in [0.2, 0.25) is 5.91 Å². The fourth-order valence-electron chi connectivity index (χ4n) is 4.13. The van der Waals surface area contributed by atoms with Crippen molar-refractivity contribution in [3.8, 4) is 0 Å². The molecule has 1 aromatic carbocycles. The number of hydrogen-bond donors (Lipinski definition) is 1. The van der Waals surface area contributed by atoms with Crippen LogP contribution in [-0.4, -0.2) is 77.4 Å². The first-order chi connectivity index (χ1) is 12.6. The maximum absolute atomic E-state index is 12.9. The third-order valence-corrected chi connectivity index (χ3v) is 5.58. The Balaban J connectivity index is 1.43. The number of imide groups is 1. The number of benzene rings is 1. The molecule has 1 N–H and O–H groups in total. The predicted octanol–water partition coefficient (Wildman–Crippen LogP) is 0.456. The van der Waals surface area contributed by atoms with Crippen molar-refractivity contribution in [2.45, 2.75) is 31.3 Å². The van der Waals surface area contributed by atoms with Crippen LogP contribution in [-0.2, 0) is 16.0 Å². The summed E-state index contributed by atoms with van der Waals surface area (Å²) in [6, 6.07) is 8.88. The van der Waals surface area contributed by atoms with Gasteiger partial charge < -0.3 is 15.1 Å². The van der Waals surface area contributed by atoms with Crippen molar-refractivity contribution in [1.82, 2.24) is 20.0 Å². The minimum atomic E-state index is -0.522. The number of nitrogens with one attached hydrogen (secondary N) is 1. The average molecular weight is 356 g/mol. The summed E-state index contributed by atoms with van der Waals surface area (Å²) in [5, 5.41) is 3.26. The summed E-state index contributed by atoms with van der Waals surface area (Å²) >= 11 is 0. The fraction of sp³-hybridized carbons (Fsp3) is 0.526. The van der Waals surface area contributed by atoms with Crippen molar-refractivity contribution in [3.63, 3.8) is 0 Å². The zero-order chi connectivity index (χ0) is 18.1. The Morgan fingerprint density at radius 1 is 1.08 bits per heavy atom. The summed E-state index contributed by atoms with van der Waals surface area (Å²) in [6.07, 6.45) is 1.93. The number of nitrogens with zero attached hydrogens (tertiary/aromatic N) is 3. The molecular formula is C19H24N4O3. The molecule has 138 valence electrons. The molecule has 0 aliphatic carbocycles. The van der Waals surface area contributed by atoms with Crippen molar-refractivity contribution in [2.75, 3.05) is 32.7 Å². The van der Waals surface area contributed by atoms with Gasteiger partial charge in [0.25, 0.3) is 5.91 Å². The van der Waals surface area contributed by atoms with Crippen LogP contribution in [0, 0.1) is 0 Å². The lowest BCUT2D eigenvalue weighted by molar-refractivity contribution is -0.136. The van der Waals surface area contributed by atoms with E-state index in [1.807, 2.05) is 30.3 Å². The highest BCUT2D eigenvalue weighted by atomic mass is 16.2. The number of fused-ring (bicyclic) bond motifs is 1. The van der Waals surface area contributed by atoms with Gasteiger partial charge in [-0.05, 0) is 31.5 Å². The maximum atomic E-state index is 12.9. The minimum Gasteiger partial charge on any atom is -0.338 e. The summed E-state index contributed by atoms with van der Waals surface area (Å²) in [5.41, 5.74) is 0.963. The zero-order valence-corrected chi connectivity index (χ0v) is 14.8. The molecule has 26 heavy (non-hydrogen) atoms. The van der Waals surface area contributed by atoms with Crippen LogP contribution < -0.4 is 5.32 Å². The fourth-order valence-corrected chi connectivity index (χ4v) is 4.13. The molecule has 0 radical (unpaired) electrons. The van der Waals surface area contributed by atoms with Gasteiger partial charge in [-0.1, -0.05) is 30.3 Å².